The maximum absolute atomic E-state index is 13.2. The van der Waals surface area contributed by atoms with Gasteiger partial charge in [0.25, 0.3) is 5.91 Å². The fourth-order valence-corrected chi connectivity index (χ4v) is 3.84. The van der Waals surface area contributed by atoms with Gasteiger partial charge in [-0.05, 0) is 26.3 Å². The standard InChI is InChI=1S/C21H27N7O/c1-15-20(16(2)28(25-15)13-18-7-5-4-6-8-18)21(29)27-11-9-26(10-12-27)14-19-22-17(3)23-24-19/h4-8H,9-14H2,1-3H3,(H,22,23,24). The van der Waals surface area contributed by atoms with Crippen molar-refractivity contribution in [1.82, 2.24) is 34.8 Å². The fraction of sp³-hybridized carbons (Fsp3) is 0.429. The van der Waals surface area contributed by atoms with Crippen molar-refractivity contribution in [1.29, 1.82) is 0 Å². The Morgan fingerprint density at radius 2 is 1.76 bits per heavy atom. The largest absolute Gasteiger partial charge is 0.336 e. The molecule has 0 bridgehead atoms. The molecule has 29 heavy (non-hydrogen) atoms. The number of amides is 1. The van der Waals surface area contributed by atoms with Crippen LogP contribution in [0.25, 0.3) is 0 Å². The summed E-state index contributed by atoms with van der Waals surface area (Å²) in [6.45, 7) is 10.2. The number of hydrogen-bond acceptors (Lipinski definition) is 5. The van der Waals surface area contributed by atoms with Crippen LogP contribution in [0.4, 0.5) is 0 Å². The third-order valence-electron chi connectivity index (χ3n) is 5.44. The average molecular weight is 393 g/mol. The van der Waals surface area contributed by atoms with Crippen molar-refractivity contribution in [3.63, 3.8) is 0 Å². The average Bonchev–Trinajstić information content (AvgIpc) is 3.25. The van der Waals surface area contributed by atoms with Crippen LogP contribution in [0, 0.1) is 20.8 Å². The Morgan fingerprint density at radius 1 is 1.03 bits per heavy atom. The third-order valence-corrected chi connectivity index (χ3v) is 5.44. The van der Waals surface area contributed by atoms with Crippen molar-refractivity contribution in [3.05, 3.63) is 64.5 Å². The molecule has 1 aliphatic heterocycles. The number of hydrogen-bond donors (Lipinski definition) is 1. The molecule has 1 fully saturated rings. The van der Waals surface area contributed by atoms with Gasteiger partial charge in [-0.2, -0.15) is 10.2 Å². The van der Waals surface area contributed by atoms with Gasteiger partial charge in [0.2, 0.25) is 0 Å². The molecular weight excluding hydrogens is 366 g/mol. The maximum atomic E-state index is 13.2. The summed E-state index contributed by atoms with van der Waals surface area (Å²) in [6.07, 6.45) is 0. The van der Waals surface area contributed by atoms with Gasteiger partial charge in [-0.25, -0.2) is 4.98 Å². The van der Waals surface area contributed by atoms with Crippen molar-refractivity contribution >= 4 is 5.91 Å². The molecule has 152 valence electrons. The zero-order chi connectivity index (χ0) is 20.4. The number of piperazine rings is 1. The second kappa shape index (κ2) is 8.16. The highest BCUT2D eigenvalue weighted by Crippen LogP contribution is 2.18. The smallest absolute Gasteiger partial charge is 0.257 e. The molecule has 0 atom stereocenters. The number of aryl methyl sites for hydroxylation is 2. The molecule has 2 aromatic heterocycles. The van der Waals surface area contributed by atoms with Gasteiger partial charge in [0, 0.05) is 31.9 Å². The van der Waals surface area contributed by atoms with Crippen LogP contribution in [0.1, 0.15) is 39.0 Å². The van der Waals surface area contributed by atoms with Crippen molar-refractivity contribution in [2.45, 2.75) is 33.9 Å². The van der Waals surface area contributed by atoms with E-state index >= 15 is 0 Å². The summed E-state index contributed by atoms with van der Waals surface area (Å²) in [5.74, 6) is 1.70. The number of aromatic amines is 1. The van der Waals surface area contributed by atoms with Gasteiger partial charge in [0.05, 0.1) is 24.3 Å². The van der Waals surface area contributed by atoms with Crippen LogP contribution in [-0.4, -0.2) is 66.8 Å². The van der Waals surface area contributed by atoms with E-state index < -0.39 is 0 Å². The topological polar surface area (TPSA) is 82.9 Å². The summed E-state index contributed by atoms with van der Waals surface area (Å²) in [4.78, 5) is 21.8. The Kier molecular flexibility index (Phi) is 5.44. The summed E-state index contributed by atoms with van der Waals surface area (Å²) >= 11 is 0. The number of nitrogens with zero attached hydrogens (tertiary/aromatic N) is 6. The van der Waals surface area contributed by atoms with Crippen molar-refractivity contribution < 1.29 is 4.79 Å². The molecule has 0 saturated carbocycles. The van der Waals surface area contributed by atoms with Gasteiger partial charge in [-0.1, -0.05) is 30.3 Å². The number of rotatable bonds is 5. The molecule has 3 aromatic rings. The zero-order valence-corrected chi connectivity index (χ0v) is 17.2. The quantitative estimate of drug-likeness (QED) is 0.716. The first-order valence-corrected chi connectivity index (χ1v) is 9.98. The number of H-pyrrole nitrogens is 1. The Morgan fingerprint density at radius 3 is 2.41 bits per heavy atom. The molecule has 8 heteroatoms. The minimum atomic E-state index is 0.0766. The molecular formula is C21H27N7O. The lowest BCUT2D eigenvalue weighted by Gasteiger charge is -2.34. The number of carbonyl (C=O) groups is 1. The first-order chi connectivity index (χ1) is 14.0. The Hall–Kier alpha value is -3.00. The minimum absolute atomic E-state index is 0.0766. The number of nitrogens with one attached hydrogen (secondary N) is 1. The third kappa shape index (κ3) is 4.22. The van der Waals surface area contributed by atoms with E-state index in [9.17, 15) is 4.79 Å². The van der Waals surface area contributed by atoms with Crippen molar-refractivity contribution in [2.24, 2.45) is 0 Å². The predicted octanol–water partition coefficient (Wildman–Crippen LogP) is 1.93. The van der Waals surface area contributed by atoms with Gasteiger partial charge < -0.3 is 4.90 Å². The number of carbonyl (C=O) groups excluding carboxylic acids is 1. The number of aromatic nitrogens is 5. The van der Waals surface area contributed by atoms with Crippen LogP contribution in [0.15, 0.2) is 30.3 Å². The first kappa shape index (κ1) is 19.3. The van der Waals surface area contributed by atoms with E-state index in [2.05, 4.69) is 37.3 Å². The fourth-order valence-electron chi connectivity index (χ4n) is 3.84. The molecule has 1 amide bonds. The highest BCUT2D eigenvalue weighted by atomic mass is 16.2. The van der Waals surface area contributed by atoms with E-state index in [1.165, 1.54) is 5.56 Å². The molecule has 3 heterocycles. The van der Waals surface area contributed by atoms with Crippen LogP contribution < -0.4 is 0 Å². The summed E-state index contributed by atoms with van der Waals surface area (Å²) in [7, 11) is 0. The molecule has 1 N–H and O–H groups in total. The number of benzene rings is 1. The van der Waals surface area contributed by atoms with Crippen LogP contribution >= 0.6 is 0 Å². The lowest BCUT2D eigenvalue weighted by Crippen LogP contribution is -2.48. The Balaban J connectivity index is 1.41. The van der Waals surface area contributed by atoms with E-state index in [0.29, 0.717) is 26.2 Å². The van der Waals surface area contributed by atoms with Crippen LogP contribution in [-0.2, 0) is 13.1 Å². The molecule has 1 aliphatic rings. The first-order valence-electron chi connectivity index (χ1n) is 9.98. The van der Waals surface area contributed by atoms with Crippen LogP contribution in [0.3, 0.4) is 0 Å². The van der Waals surface area contributed by atoms with Crippen molar-refractivity contribution in [3.8, 4) is 0 Å². The normalized spacial score (nSPS) is 15.1. The SMILES string of the molecule is Cc1nc(CN2CCN(C(=O)c3c(C)nn(Cc4ccccc4)c3C)CC2)n[nH]1. The summed E-state index contributed by atoms with van der Waals surface area (Å²) in [5, 5.41) is 11.7. The highest BCUT2D eigenvalue weighted by molar-refractivity contribution is 5.96. The summed E-state index contributed by atoms with van der Waals surface area (Å²) in [5.41, 5.74) is 3.63. The monoisotopic (exact) mass is 393 g/mol. The van der Waals surface area contributed by atoms with Gasteiger partial charge in [-0.3, -0.25) is 19.5 Å². The van der Waals surface area contributed by atoms with E-state index in [1.54, 1.807) is 0 Å². The summed E-state index contributed by atoms with van der Waals surface area (Å²) < 4.78 is 1.93. The van der Waals surface area contributed by atoms with Crippen LogP contribution in [0.5, 0.6) is 0 Å². The van der Waals surface area contributed by atoms with Crippen molar-refractivity contribution in [2.75, 3.05) is 26.2 Å². The van der Waals surface area contributed by atoms with E-state index in [1.807, 2.05) is 48.6 Å². The minimum Gasteiger partial charge on any atom is -0.336 e. The van der Waals surface area contributed by atoms with E-state index in [-0.39, 0.29) is 5.91 Å². The predicted molar refractivity (Wildman–Crippen MR) is 110 cm³/mol. The molecule has 0 unspecified atom stereocenters. The van der Waals surface area contributed by atoms with Gasteiger partial charge >= 0.3 is 0 Å². The maximum Gasteiger partial charge on any atom is 0.257 e. The molecule has 8 nitrogen and oxygen atoms in total. The molecule has 1 aromatic carbocycles. The van der Waals surface area contributed by atoms with Crippen LogP contribution in [0.2, 0.25) is 0 Å². The Labute approximate surface area is 170 Å². The van der Waals surface area contributed by atoms with E-state index in [4.69, 9.17) is 0 Å². The van der Waals surface area contributed by atoms with Gasteiger partial charge in [-0.15, -0.1) is 0 Å². The zero-order valence-electron chi connectivity index (χ0n) is 17.2. The van der Waals surface area contributed by atoms with Gasteiger partial charge in [0.15, 0.2) is 5.82 Å². The lowest BCUT2D eigenvalue weighted by atomic mass is 10.1. The summed E-state index contributed by atoms with van der Waals surface area (Å²) in [6, 6.07) is 10.2. The second-order valence-electron chi connectivity index (χ2n) is 7.59. The molecule has 4 rings (SSSR count). The second-order valence-corrected chi connectivity index (χ2v) is 7.59. The molecule has 0 spiro atoms. The van der Waals surface area contributed by atoms with E-state index in [0.717, 1.165) is 41.7 Å². The molecule has 0 radical (unpaired) electrons. The lowest BCUT2D eigenvalue weighted by molar-refractivity contribution is 0.0624. The highest BCUT2D eigenvalue weighted by Gasteiger charge is 2.27. The molecule has 1 saturated heterocycles. The van der Waals surface area contributed by atoms with Gasteiger partial charge in [0.1, 0.15) is 5.82 Å². The molecule has 0 aliphatic carbocycles. The Bertz CT molecular complexity index is 984.